The van der Waals surface area contributed by atoms with Gasteiger partial charge in [-0.3, -0.25) is 4.90 Å². The standard InChI is InChI=1S/C16H26N4O2/c1-3-17-16(21)18-8-9-19-10-12-20(13-11-19)14-4-6-15(22-2)7-5-14/h4-7H,3,8-13H2,1-2H3,(H2,17,18,21). The Balaban J connectivity index is 1.70. The van der Waals surface area contributed by atoms with Crippen molar-refractivity contribution in [3.8, 4) is 5.75 Å². The molecule has 0 unspecified atom stereocenters. The number of piperazine rings is 1. The monoisotopic (exact) mass is 306 g/mol. The summed E-state index contributed by atoms with van der Waals surface area (Å²) in [5.41, 5.74) is 1.24. The molecule has 6 heteroatoms. The molecule has 0 aromatic heterocycles. The lowest BCUT2D eigenvalue weighted by Gasteiger charge is -2.36. The Bertz CT molecular complexity index is 456. The molecule has 0 aliphatic carbocycles. The van der Waals surface area contributed by atoms with Crippen molar-refractivity contribution in [3.63, 3.8) is 0 Å². The van der Waals surface area contributed by atoms with Gasteiger partial charge in [0.2, 0.25) is 0 Å². The smallest absolute Gasteiger partial charge is 0.314 e. The van der Waals surface area contributed by atoms with E-state index in [1.165, 1.54) is 5.69 Å². The highest BCUT2D eigenvalue weighted by atomic mass is 16.5. The molecule has 0 atom stereocenters. The van der Waals surface area contributed by atoms with E-state index in [9.17, 15) is 4.79 Å². The quantitative estimate of drug-likeness (QED) is 0.827. The van der Waals surface area contributed by atoms with Crippen molar-refractivity contribution in [1.29, 1.82) is 0 Å². The second kappa shape index (κ2) is 8.48. The van der Waals surface area contributed by atoms with E-state index in [0.29, 0.717) is 13.1 Å². The van der Waals surface area contributed by atoms with Gasteiger partial charge in [0.05, 0.1) is 7.11 Å². The number of urea groups is 1. The van der Waals surface area contributed by atoms with Gasteiger partial charge < -0.3 is 20.3 Å². The normalized spacial score (nSPS) is 15.5. The molecule has 22 heavy (non-hydrogen) atoms. The fourth-order valence-electron chi connectivity index (χ4n) is 2.57. The SMILES string of the molecule is CCNC(=O)NCCN1CCN(c2ccc(OC)cc2)CC1. The Labute approximate surface area is 132 Å². The summed E-state index contributed by atoms with van der Waals surface area (Å²) < 4.78 is 5.19. The topological polar surface area (TPSA) is 56.8 Å². The van der Waals surface area contributed by atoms with Gasteiger partial charge in [-0.15, -0.1) is 0 Å². The summed E-state index contributed by atoms with van der Waals surface area (Å²) in [7, 11) is 1.68. The minimum Gasteiger partial charge on any atom is -0.497 e. The summed E-state index contributed by atoms with van der Waals surface area (Å²) in [4.78, 5) is 16.1. The molecule has 0 radical (unpaired) electrons. The van der Waals surface area contributed by atoms with Crippen LogP contribution < -0.4 is 20.3 Å². The molecular formula is C16H26N4O2. The summed E-state index contributed by atoms with van der Waals surface area (Å²) in [6.45, 7) is 8.21. The number of nitrogens with one attached hydrogen (secondary N) is 2. The molecule has 2 rings (SSSR count). The highest BCUT2D eigenvalue weighted by Crippen LogP contribution is 2.20. The third kappa shape index (κ3) is 4.80. The zero-order valence-corrected chi connectivity index (χ0v) is 13.5. The third-order valence-corrected chi connectivity index (χ3v) is 3.86. The minimum atomic E-state index is -0.0839. The second-order valence-corrected chi connectivity index (χ2v) is 5.31. The van der Waals surface area contributed by atoms with Crippen LogP contribution >= 0.6 is 0 Å². The van der Waals surface area contributed by atoms with E-state index >= 15 is 0 Å². The molecule has 1 saturated heterocycles. The summed E-state index contributed by atoms with van der Waals surface area (Å²) in [5, 5.41) is 5.60. The van der Waals surface area contributed by atoms with Crippen LogP contribution in [0.1, 0.15) is 6.92 Å². The molecule has 122 valence electrons. The van der Waals surface area contributed by atoms with Crippen LogP contribution in [0.5, 0.6) is 5.75 Å². The largest absolute Gasteiger partial charge is 0.497 e. The lowest BCUT2D eigenvalue weighted by atomic mass is 10.2. The van der Waals surface area contributed by atoms with Crippen LogP contribution in [0.3, 0.4) is 0 Å². The van der Waals surface area contributed by atoms with E-state index in [1.807, 2.05) is 19.1 Å². The average molecular weight is 306 g/mol. The molecule has 1 heterocycles. The van der Waals surface area contributed by atoms with Crippen molar-refractivity contribution in [2.45, 2.75) is 6.92 Å². The van der Waals surface area contributed by atoms with Crippen molar-refractivity contribution in [1.82, 2.24) is 15.5 Å². The van der Waals surface area contributed by atoms with Gasteiger partial charge in [0.25, 0.3) is 0 Å². The number of ether oxygens (including phenoxy) is 1. The number of anilines is 1. The summed E-state index contributed by atoms with van der Waals surface area (Å²) in [6.07, 6.45) is 0. The van der Waals surface area contributed by atoms with Crippen LogP contribution in [0.15, 0.2) is 24.3 Å². The van der Waals surface area contributed by atoms with E-state index in [0.717, 1.165) is 38.5 Å². The number of carbonyl (C=O) groups excluding carboxylic acids is 1. The summed E-state index contributed by atoms with van der Waals surface area (Å²) in [5.74, 6) is 0.888. The molecular weight excluding hydrogens is 280 g/mol. The first-order valence-corrected chi connectivity index (χ1v) is 7.86. The van der Waals surface area contributed by atoms with Crippen LogP contribution in [-0.4, -0.2) is 63.9 Å². The third-order valence-electron chi connectivity index (χ3n) is 3.86. The fraction of sp³-hybridized carbons (Fsp3) is 0.562. The number of benzene rings is 1. The molecule has 1 fully saturated rings. The lowest BCUT2D eigenvalue weighted by molar-refractivity contribution is 0.232. The molecule has 1 aliphatic heterocycles. The van der Waals surface area contributed by atoms with Crippen LogP contribution in [-0.2, 0) is 0 Å². The van der Waals surface area contributed by atoms with Gasteiger partial charge in [-0.1, -0.05) is 0 Å². The lowest BCUT2D eigenvalue weighted by Crippen LogP contribution is -2.49. The molecule has 0 spiro atoms. The van der Waals surface area contributed by atoms with E-state index < -0.39 is 0 Å². The Morgan fingerprint density at radius 3 is 2.41 bits per heavy atom. The van der Waals surface area contributed by atoms with Crippen molar-refractivity contribution in [2.24, 2.45) is 0 Å². The number of hydrogen-bond donors (Lipinski definition) is 2. The molecule has 1 aliphatic rings. The van der Waals surface area contributed by atoms with Gasteiger partial charge >= 0.3 is 6.03 Å². The number of methoxy groups -OCH3 is 1. The Hall–Kier alpha value is -1.95. The van der Waals surface area contributed by atoms with Crippen LogP contribution in [0, 0.1) is 0 Å². The van der Waals surface area contributed by atoms with Crippen molar-refractivity contribution in [3.05, 3.63) is 24.3 Å². The molecule has 6 nitrogen and oxygen atoms in total. The Morgan fingerprint density at radius 2 is 1.82 bits per heavy atom. The van der Waals surface area contributed by atoms with Crippen LogP contribution in [0.25, 0.3) is 0 Å². The number of hydrogen-bond acceptors (Lipinski definition) is 4. The Morgan fingerprint density at radius 1 is 1.14 bits per heavy atom. The first-order chi connectivity index (χ1) is 10.7. The maximum atomic E-state index is 11.3. The van der Waals surface area contributed by atoms with Gasteiger partial charge in [0.15, 0.2) is 0 Å². The number of rotatable bonds is 6. The number of nitrogens with zero attached hydrogens (tertiary/aromatic N) is 2. The van der Waals surface area contributed by atoms with Gasteiger partial charge in [0.1, 0.15) is 5.75 Å². The zero-order valence-electron chi connectivity index (χ0n) is 13.5. The predicted octanol–water partition coefficient (Wildman–Crippen LogP) is 1.14. The van der Waals surface area contributed by atoms with Crippen LogP contribution in [0.4, 0.5) is 10.5 Å². The van der Waals surface area contributed by atoms with E-state index in [4.69, 9.17) is 4.74 Å². The van der Waals surface area contributed by atoms with Gasteiger partial charge in [0, 0.05) is 51.5 Å². The zero-order chi connectivity index (χ0) is 15.8. The maximum absolute atomic E-state index is 11.3. The van der Waals surface area contributed by atoms with Gasteiger partial charge in [-0.25, -0.2) is 4.79 Å². The number of carbonyl (C=O) groups is 1. The van der Waals surface area contributed by atoms with Gasteiger partial charge in [-0.2, -0.15) is 0 Å². The summed E-state index contributed by atoms with van der Waals surface area (Å²) in [6, 6.07) is 8.12. The molecule has 1 aromatic rings. The van der Waals surface area contributed by atoms with Crippen molar-refractivity contribution < 1.29 is 9.53 Å². The second-order valence-electron chi connectivity index (χ2n) is 5.31. The predicted molar refractivity (Wildman–Crippen MR) is 88.7 cm³/mol. The average Bonchev–Trinajstić information content (AvgIpc) is 2.56. The number of amides is 2. The van der Waals surface area contributed by atoms with E-state index in [-0.39, 0.29) is 6.03 Å². The summed E-state index contributed by atoms with van der Waals surface area (Å²) >= 11 is 0. The van der Waals surface area contributed by atoms with E-state index in [2.05, 4.69) is 32.6 Å². The first kappa shape index (κ1) is 16.4. The molecule has 1 aromatic carbocycles. The molecule has 2 N–H and O–H groups in total. The van der Waals surface area contributed by atoms with Gasteiger partial charge in [-0.05, 0) is 31.2 Å². The fourth-order valence-corrected chi connectivity index (χ4v) is 2.57. The highest BCUT2D eigenvalue weighted by Gasteiger charge is 2.16. The van der Waals surface area contributed by atoms with Crippen LogP contribution in [0.2, 0.25) is 0 Å². The molecule has 0 saturated carbocycles. The first-order valence-electron chi connectivity index (χ1n) is 7.86. The maximum Gasteiger partial charge on any atom is 0.314 e. The molecule has 2 amide bonds. The Kier molecular flexibility index (Phi) is 6.33. The highest BCUT2D eigenvalue weighted by molar-refractivity contribution is 5.73. The minimum absolute atomic E-state index is 0.0839. The van der Waals surface area contributed by atoms with Crippen molar-refractivity contribution in [2.75, 3.05) is 57.8 Å². The van der Waals surface area contributed by atoms with Crippen molar-refractivity contribution >= 4 is 11.7 Å². The molecule has 0 bridgehead atoms. The van der Waals surface area contributed by atoms with E-state index in [1.54, 1.807) is 7.11 Å².